The van der Waals surface area contributed by atoms with E-state index in [-0.39, 0.29) is 12.8 Å². The molecule has 0 bridgehead atoms. The standard InChI is InChI=1S/C16H14Cl2O3/c17-13-3-1-2-12(16(13)18)10-4-6-11(7-5-10)14(19)8-9-15(20)21/h1-7,14,19H,8-9H2,(H,20,21). The number of rotatable bonds is 5. The number of carboxylic acid groups (broad SMARTS) is 1. The second-order valence-electron chi connectivity index (χ2n) is 4.67. The molecule has 0 amide bonds. The molecule has 2 rings (SSSR count). The van der Waals surface area contributed by atoms with E-state index in [1.807, 2.05) is 24.3 Å². The topological polar surface area (TPSA) is 57.5 Å². The van der Waals surface area contributed by atoms with Gasteiger partial charge in [0.1, 0.15) is 0 Å². The molecule has 0 spiro atoms. The highest BCUT2D eigenvalue weighted by Crippen LogP contribution is 2.34. The summed E-state index contributed by atoms with van der Waals surface area (Å²) in [5.74, 6) is -0.920. The van der Waals surface area contributed by atoms with Crippen molar-refractivity contribution in [2.24, 2.45) is 0 Å². The van der Waals surface area contributed by atoms with E-state index in [4.69, 9.17) is 28.3 Å². The lowest BCUT2D eigenvalue weighted by molar-refractivity contribution is -0.137. The van der Waals surface area contributed by atoms with Crippen molar-refractivity contribution in [2.75, 3.05) is 0 Å². The Kier molecular flexibility index (Phi) is 5.23. The fourth-order valence-electron chi connectivity index (χ4n) is 2.04. The van der Waals surface area contributed by atoms with Crippen LogP contribution in [0.5, 0.6) is 0 Å². The van der Waals surface area contributed by atoms with Crippen LogP contribution in [0.25, 0.3) is 11.1 Å². The van der Waals surface area contributed by atoms with Crippen LogP contribution in [0.4, 0.5) is 0 Å². The van der Waals surface area contributed by atoms with Crippen LogP contribution in [0.3, 0.4) is 0 Å². The summed E-state index contributed by atoms with van der Waals surface area (Å²) in [4.78, 5) is 10.5. The van der Waals surface area contributed by atoms with E-state index in [0.717, 1.165) is 11.1 Å². The fourth-order valence-corrected chi connectivity index (χ4v) is 2.45. The molecule has 2 aromatic carbocycles. The van der Waals surface area contributed by atoms with Crippen molar-refractivity contribution < 1.29 is 15.0 Å². The lowest BCUT2D eigenvalue weighted by atomic mass is 10.00. The summed E-state index contributed by atoms with van der Waals surface area (Å²) in [5.41, 5.74) is 2.38. The lowest BCUT2D eigenvalue weighted by Crippen LogP contribution is -2.02. The smallest absolute Gasteiger partial charge is 0.303 e. The number of aliphatic hydroxyl groups excluding tert-OH is 1. The molecule has 0 radical (unpaired) electrons. The number of hydrogen-bond donors (Lipinski definition) is 2. The Morgan fingerprint density at radius 3 is 2.38 bits per heavy atom. The van der Waals surface area contributed by atoms with E-state index in [1.165, 1.54) is 0 Å². The summed E-state index contributed by atoms with van der Waals surface area (Å²) in [6.45, 7) is 0. The molecule has 0 aromatic heterocycles. The molecule has 5 heteroatoms. The molecule has 1 atom stereocenters. The number of aliphatic carboxylic acids is 1. The van der Waals surface area contributed by atoms with Crippen molar-refractivity contribution in [2.45, 2.75) is 18.9 Å². The summed E-state index contributed by atoms with van der Waals surface area (Å²) >= 11 is 12.2. The van der Waals surface area contributed by atoms with Crippen LogP contribution in [0.1, 0.15) is 24.5 Å². The molecule has 0 heterocycles. The number of hydrogen-bond acceptors (Lipinski definition) is 2. The van der Waals surface area contributed by atoms with Gasteiger partial charge in [-0.2, -0.15) is 0 Å². The zero-order valence-corrected chi connectivity index (χ0v) is 12.6. The molecule has 0 saturated carbocycles. The van der Waals surface area contributed by atoms with Crippen LogP contribution in [0.15, 0.2) is 42.5 Å². The van der Waals surface area contributed by atoms with E-state index in [9.17, 15) is 9.90 Å². The summed E-state index contributed by atoms with van der Waals surface area (Å²) < 4.78 is 0. The molecule has 0 saturated heterocycles. The van der Waals surface area contributed by atoms with Gasteiger partial charge in [-0.1, -0.05) is 59.6 Å². The average Bonchev–Trinajstić information content (AvgIpc) is 2.48. The zero-order valence-electron chi connectivity index (χ0n) is 11.1. The van der Waals surface area contributed by atoms with E-state index < -0.39 is 12.1 Å². The van der Waals surface area contributed by atoms with Crippen molar-refractivity contribution in [3.63, 3.8) is 0 Å². The molecule has 0 fully saturated rings. The Balaban J connectivity index is 2.19. The molecule has 2 aromatic rings. The maximum Gasteiger partial charge on any atom is 0.303 e. The molecule has 1 unspecified atom stereocenters. The number of aliphatic hydroxyl groups is 1. The van der Waals surface area contributed by atoms with Crippen molar-refractivity contribution in [1.82, 2.24) is 0 Å². The minimum Gasteiger partial charge on any atom is -0.481 e. The molecule has 0 aliphatic rings. The highest BCUT2D eigenvalue weighted by atomic mass is 35.5. The van der Waals surface area contributed by atoms with Crippen molar-refractivity contribution in [3.05, 3.63) is 58.1 Å². The lowest BCUT2D eigenvalue weighted by Gasteiger charge is -2.11. The van der Waals surface area contributed by atoms with Crippen LogP contribution < -0.4 is 0 Å². The SMILES string of the molecule is O=C(O)CCC(O)c1ccc(-c2cccc(Cl)c2Cl)cc1. The molecule has 21 heavy (non-hydrogen) atoms. The van der Waals surface area contributed by atoms with Gasteiger partial charge >= 0.3 is 5.97 Å². The van der Waals surface area contributed by atoms with Gasteiger partial charge in [0.05, 0.1) is 16.1 Å². The number of benzene rings is 2. The van der Waals surface area contributed by atoms with E-state index in [0.29, 0.717) is 15.6 Å². The Labute approximate surface area is 132 Å². The van der Waals surface area contributed by atoms with Gasteiger partial charge in [-0.3, -0.25) is 4.79 Å². The molecule has 0 aliphatic carbocycles. The van der Waals surface area contributed by atoms with Gasteiger partial charge in [-0.15, -0.1) is 0 Å². The zero-order chi connectivity index (χ0) is 15.4. The van der Waals surface area contributed by atoms with E-state index in [1.54, 1.807) is 18.2 Å². The van der Waals surface area contributed by atoms with Crippen molar-refractivity contribution in [3.8, 4) is 11.1 Å². The molecular weight excluding hydrogens is 311 g/mol. The monoisotopic (exact) mass is 324 g/mol. The molecule has 3 nitrogen and oxygen atoms in total. The minimum absolute atomic E-state index is 0.0664. The summed E-state index contributed by atoms with van der Waals surface area (Å²) in [6.07, 6.45) is -0.666. The van der Waals surface area contributed by atoms with Gasteiger partial charge in [-0.05, 0) is 23.6 Å². The Bertz CT molecular complexity index is 638. The quantitative estimate of drug-likeness (QED) is 0.847. The first-order valence-corrected chi connectivity index (χ1v) is 7.19. The normalized spacial score (nSPS) is 12.1. The van der Waals surface area contributed by atoms with E-state index in [2.05, 4.69) is 0 Å². The van der Waals surface area contributed by atoms with Crippen LogP contribution in [-0.4, -0.2) is 16.2 Å². The molecular formula is C16H14Cl2O3. The second-order valence-corrected chi connectivity index (χ2v) is 5.46. The van der Waals surface area contributed by atoms with Crippen LogP contribution in [0, 0.1) is 0 Å². The van der Waals surface area contributed by atoms with Gasteiger partial charge in [0.15, 0.2) is 0 Å². The van der Waals surface area contributed by atoms with Gasteiger partial charge in [-0.25, -0.2) is 0 Å². The first-order chi connectivity index (χ1) is 9.99. The first-order valence-electron chi connectivity index (χ1n) is 6.43. The largest absolute Gasteiger partial charge is 0.481 e. The third-order valence-corrected chi connectivity index (χ3v) is 4.01. The Hall–Kier alpha value is -1.55. The highest BCUT2D eigenvalue weighted by Gasteiger charge is 2.11. The summed E-state index contributed by atoms with van der Waals surface area (Å²) in [6, 6.07) is 12.6. The maximum atomic E-state index is 10.5. The Morgan fingerprint density at radius 1 is 1.10 bits per heavy atom. The number of halogens is 2. The maximum absolute atomic E-state index is 10.5. The van der Waals surface area contributed by atoms with Crippen LogP contribution in [0.2, 0.25) is 10.0 Å². The second kappa shape index (κ2) is 6.94. The van der Waals surface area contributed by atoms with Crippen LogP contribution >= 0.6 is 23.2 Å². The number of carbonyl (C=O) groups is 1. The molecule has 2 N–H and O–H groups in total. The predicted octanol–water partition coefficient (Wildman–Crippen LogP) is 4.56. The first kappa shape index (κ1) is 15.8. The van der Waals surface area contributed by atoms with Gasteiger partial charge < -0.3 is 10.2 Å². The van der Waals surface area contributed by atoms with Crippen LogP contribution in [-0.2, 0) is 4.79 Å². The molecule has 110 valence electrons. The van der Waals surface area contributed by atoms with Gasteiger partial charge in [0, 0.05) is 12.0 Å². The van der Waals surface area contributed by atoms with Gasteiger partial charge in [0.2, 0.25) is 0 Å². The molecule has 0 aliphatic heterocycles. The fraction of sp³-hybridized carbons (Fsp3) is 0.188. The van der Waals surface area contributed by atoms with Gasteiger partial charge in [0.25, 0.3) is 0 Å². The summed E-state index contributed by atoms with van der Waals surface area (Å²) in [7, 11) is 0. The third-order valence-electron chi connectivity index (χ3n) is 3.19. The number of carboxylic acids is 1. The van der Waals surface area contributed by atoms with Crippen molar-refractivity contribution >= 4 is 29.2 Å². The minimum atomic E-state index is -0.920. The highest BCUT2D eigenvalue weighted by molar-refractivity contribution is 6.43. The Morgan fingerprint density at radius 2 is 1.76 bits per heavy atom. The predicted molar refractivity (Wildman–Crippen MR) is 83.7 cm³/mol. The average molecular weight is 325 g/mol. The summed E-state index contributed by atoms with van der Waals surface area (Å²) in [5, 5.41) is 19.5. The van der Waals surface area contributed by atoms with Crippen molar-refractivity contribution in [1.29, 1.82) is 0 Å². The third kappa shape index (κ3) is 3.97. The van der Waals surface area contributed by atoms with E-state index >= 15 is 0 Å².